The minimum Gasteiger partial charge on any atom is -0.481 e. The molecule has 2 saturated heterocycles. The molecular weight excluding hydrogens is 289 g/mol. The number of rotatable bonds is 3. The first-order valence-corrected chi connectivity index (χ1v) is 6.83. The summed E-state index contributed by atoms with van der Waals surface area (Å²) in [6.07, 6.45) is 1.01. The Bertz CT molecular complexity index is 491. The van der Waals surface area contributed by atoms with E-state index in [-0.39, 0.29) is 18.1 Å². The predicted molar refractivity (Wildman–Crippen MR) is 71.8 cm³/mol. The minimum absolute atomic E-state index is 0.0504. The molecule has 0 unspecified atom stereocenters. The van der Waals surface area contributed by atoms with Crippen LogP contribution in [0.3, 0.4) is 0 Å². The van der Waals surface area contributed by atoms with Gasteiger partial charge in [-0.15, -0.1) is 0 Å². The van der Waals surface area contributed by atoms with Gasteiger partial charge in [-0.05, 0) is 18.6 Å². The van der Waals surface area contributed by atoms with Crippen LogP contribution in [0.25, 0.3) is 0 Å². The van der Waals surface area contributed by atoms with Crippen molar-refractivity contribution in [2.75, 3.05) is 26.4 Å². The molecule has 2 aliphatic heterocycles. The van der Waals surface area contributed by atoms with E-state index in [9.17, 15) is 4.79 Å². The van der Waals surface area contributed by atoms with E-state index in [2.05, 4.69) is 0 Å². The Labute approximate surface area is 121 Å². The fourth-order valence-electron chi connectivity index (χ4n) is 2.40. The standard InChI is InChI=1S/C13H13Cl2NO3/c14-9-2-1-3-10(15)12(9)19-6-11(17)16-5-4-13(16)7-18-8-13/h1-3H,4-8H2. The van der Waals surface area contributed by atoms with Crippen LogP contribution >= 0.6 is 23.2 Å². The Kier molecular flexibility index (Phi) is 3.33. The molecule has 2 aliphatic rings. The molecule has 1 spiro atoms. The summed E-state index contributed by atoms with van der Waals surface area (Å²) in [4.78, 5) is 13.9. The summed E-state index contributed by atoms with van der Waals surface area (Å²) in [5.74, 6) is 0.309. The third-order valence-corrected chi connectivity index (χ3v) is 4.27. The maximum atomic E-state index is 12.1. The van der Waals surface area contributed by atoms with Crippen molar-refractivity contribution in [2.45, 2.75) is 12.0 Å². The van der Waals surface area contributed by atoms with Crippen LogP contribution in [-0.4, -0.2) is 42.7 Å². The van der Waals surface area contributed by atoms with Gasteiger partial charge in [-0.3, -0.25) is 4.79 Å². The van der Waals surface area contributed by atoms with Crippen molar-refractivity contribution in [3.63, 3.8) is 0 Å². The van der Waals surface area contributed by atoms with Gasteiger partial charge in [0.2, 0.25) is 0 Å². The van der Waals surface area contributed by atoms with Crippen LogP contribution in [-0.2, 0) is 9.53 Å². The second kappa shape index (κ2) is 4.85. The van der Waals surface area contributed by atoms with Gasteiger partial charge in [0.15, 0.2) is 12.4 Å². The lowest BCUT2D eigenvalue weighted by Crippen LogP contribution is -2.72. The summed E-state index contributed by atoms with van der Waals surface area (Å²) in [5, 5.41) is 0.816. The molecule has 4 nitrogen and oxygen atoms in total. The Morgan fingerprint density at radius 1 is 1.37 bits per heavy atom. The molecule has 1 aromatic rings. The number of likely N-dealkylation sites (tertiary alicyclic amines) is 1. The smallest absolute Gasteiger partial charge is 0.261 e. The molecule has 0 N–H and O–H groups in total. The molecule has 0 atom stereocenters. The Morgan fingerprint density at radius 2 is 2.05 bits per heavy atom. The van der Waals surface area contributed by atoms with Crippen molar-refractivity contribution in [1.29, 1.82) is 0 Å². The summed E-state index contributed by atoms with van der Waals surface area (Å²) < 4.78 is 10.6. The van der Waals surface area contributed by atoms with Gasteiger partial charge in [-0.25, -0.2) is 0 Å². The van der Waals surface area contributed by atoms with E-state index in [1.165, 1.54) is 0 Å². The molecular formula is C13H13Cl2NO3. The van der Waals surface area contributed by atoms with Gasteiger partial charge in [0, 0.05) is 6.54 Å². The number of amides is 1. The summed E-state index contributed by atoms with van der Waals surface area (Å²) >= 11 is 12.0. The molecule has 102 valence electrons. The van der Waals surface area contributed by atoms with Gasteiger partial charge in [-0.1, -0.05) is 29.3 Å². The van der Waals surface area contributed by atoms with E-state index in [4.69, 9.17) is 32.7 Å². The lowest BCUT2D eigenvalue weighted by molar-refractivity contribution is -0.201. The second-order valence-electron chi connectivity index (χ2n) is 4.85. The van der Waals surface area contributed by atoms with Crippen molar-refractivity contribution >= 4 is 29.1 Å². The van der Waals surface area contributed by atoms with Gasteiger partial charge in [0.25, 0.3) is 5.91 Å². The molecule has 6 heteroatoms. The number of ether oxygens (including phenoxy) is 2. The summed E-state index contributed by atoms with van der Waals surface area (Å²) in [7, 11) is 0. The maximum absolute atomic E-state index is 12.1. The molecule has 19 heavy (non-hydrogen) atoms. The van der Waals surface area contributed by atoms with Crippen LogP contribution in [0.15, 0.2) is 18.2 Å². The average Bonchev–Trinajstić information content (AvgIpc) is 2.24. The van der Waals surface area contributed by atoms with Crippen molar-refractivity contribution in [3.05, 3.63) is 28.2 Å². The zero-order valence-electron chi connectivity index (χ0n) is 10.2. The molecule has 0 radical (unpaired) electrons. The van der Waals surface area contributed by atoms with E-state index in [1.54, 1.807) is 18.2 Å². The number of para-hydroxylation sites is 1. The van der Waals surface area contributed by atoms with Crippen LogP contribution in [0.4, 0.5) is 0 Å². The lowest BCUT2D eigenvalue weighted by Gasteiger charge is -2.57. The first kappa shape index (κ1) is 13.0. The van der Waals surface area contributed by atoms with E-state index < -0.39 is 0 Å². The highest BCUT2D eigenvalue weighted by molar-refractivity contribution is 6.37. The third kappa shape index (κ3) is 2.18. The molecule has 0 aromatic heterocycles. The highest BCUT2D eigenvalue weighted by Gasteiger charge is 2.52. The first-order chi connectivity index (χ1) is 9.12. The quantitative estimate of drug-likeness (QED) is 0.860. The monoisotopic (exact) mass is 301 g/mol. The molecule has 0 aliphatic carbocycles. The highest BCUT2D eigenvalue weighted by Crippen LogP contribution is 2.37. The van der Waals surface area contributed by atoms with Crippen molar-refractivity contribution in [1.82, 2.24) is 4.90 Å². The third-order valence-electron chi connectivity index (χ3n) is 3.67. The zero-order valence-corrected chi connectivity index (χ0v) is 11.7. The number of hydrogen-bond acceptors (Lipinski definition) is 3. The average molecular weight is 302 g/mol. The van der Waals surface area contributed by atoms with Crippen molar-refractivity contribution in [3.8, 4) is 5.75 Å². The number of carbonyl (C=O) groups excluding carboxylic acids is 1. The van der Waals surface area contributed by atoms with E-state index in [1.807, 2.05) is 4.90 Å². The maximum Gasteiger partial charge on any atom is 0.261 e. The zero-order chi connectivity index (χ0) is 13.5. The van der Waals surface area contributed by atoms with Crippen molar-refractivity contribution in [2.24, 2.45) is 0 Å². The van der Waals surface area contributed by atoms with Gasteiger partial charge in [-0.2, -0.15) is 0 Å². The SMILES string of the molecule is O=C(COc1c(Cl)cccc1Cl)N1CCC12COC2. The van der Waals surface area contributed by atoms with Crippen LogP contribution in [0.1, 0.15) is 6.42 Å². The normalized spacial score (nSPS) is 19.8. The van der Waals surface area contributed by atoms with E-state index in [0.29, 0.717) is 29.0 Å². The Morgan fingerprint density at radius 3 is 2.53 bits per heavy atom. The lowest BCUT2D eigenvalue weighted by atomic mass is 9.83. The van der Waals surface area contributed by atoms with Crippen LogP contribution in [0.5, 0.6) is 5.75 Å². The minimum atomic E-state index is -0.0648. The van der Waals surface area contributed by atoms with Gasteiger partial charge in [0.1, 0.15) is 0 Å². The van der Waals surface area contributed by atoms with Gasteiger partial charge < -0.3 is 14.4 Å². The molecule has 0 saturated carbocycles. The van der Waals surface area contributed by atoms with E-state index in [0.717, 1.165) is 13.0 Å². The predicted octanol–water partition coefficient (Wildman–Crippen LogP) is 2.37. The first-order valence-electron chi connectivity index (χ1n) is 6.07. The fraction of sp³-hybridized carbons (Fsp3) is 0.462. The van der Waals surface area contributed by atoms with Crippen LogP contribution < -0.4 is 4.74 Å². The fourth-order valence-corrected chi connectivity index (χ4v) is 2.91. The van der Waals surface area contributed by atoms with Crippen LogP contribution in [0, 0.1) is 0 Å². The molecule has 1 amide bonds. The van der Waals surface area contributed by atoms with Gasteiger partial charge >= 0.3 is 0 Å². The van der Waals surface area contributed by atoms with Crippen molar-refractivity contribution < 1.29 is 14.3 Å². The number of halogens is 2. The number of hydrogen-bond donors (Lipinski definition) is 0. The van der Waals surface area contributed by atoms with Crippen LogP contribution in [0.2, 0.25) is 10.0 Å². The molecule has 0 bridgehead atoms. The van der Waals surface area contributed by atoms with E-state index >= 15 is 0 Å². The molecule has 2 fully saturated rings. The Hall–Kier alpha value is -0.970. The number of benzene rings is 1. The second-order valence-corrected chi connectivity index (χ2v) is 5.67. The number of nitrogens with zero attached hydrogens (tertiary/aromatic N) is 1. The highest BCUT2D eigenvalue weighted by atomic mass is 35.5. The van der Waals surface area contributed by atoms with Gasteiger partial charge in [0.05, 0.1) is 28.8 Å². The topological polar surface area (TPSA) is 38.8 Å². The Balaban J connectivity index is 1.62. The summed E-state index contributed by atoms with van der Waals surface area (Å²) in [5.41, 5.74) is -0.0648. The molecule has 2 heterocycles. The largest absolute Gasteiger partial charge is 0.481 e. The summed E-state index contributed by atoms with van der Waals surface area (Å²) in [6, 6.07) is 5.09. The summed E-state index contributed by atoms with van der Waals surface area (Å²) in [6.45, 7) is 1.98. The molecule has 3 rings (SSSR count). The number of carbonyl (C=O) groups is 1. The molecule has 1 aromatic carbocycles.